The van der Waals surface area contributed by atoms with E-state index in [1.165, 1.54) is 12.3 Å². The first-order valence-electron chi connectivity index (χ1n) is 5.72. The van der Waals surface area contributed by atoms with E-state index in [0.717, 1.165) is 17.4 Å². The molecule has 0 fully saturated rings. The van der Waals surface area contributed by atoms with E-state index in [9.17, 15) is 18.3 Å². The van der Waals surface area contributed by atoms with Gasteiger partial charge in [0.05, 0.1) is 11.2 Å². The average Bonchev–Trinajstić information content (AvgIpc) is 2.75. The van der Waals surface area contributed by atoms with Crippen LogP contribution < -0.4 is 4.72 Å². The van der Waals surface area contributed by atoms with Gasteiger partial charge in [-0.05, 0) is 27.1 Å². The van der Waals surface area contributed by atoms with Gasteiger partial charge in [0.15, 0.2) is 0 Å². The van der Waals surface area contributed by atoms with Crippen molar-refractivity contribution in [3.8, 4) is 0 Å². The summed E-state index contributed by atoms with van der Waals surface area (Å²) in [6.45, 7) is 1.65. The molecule has 1 heterocycles. The molecule has 0 aliphatic rings. The Labute approximate surface area is 121 Å². The molecule has 0 saturated heterocycles. The van der Waals surface area contributed by atoms with Crippen LogP contribution in [0, 0.1) is 0 Å². The summed E-state index contributed by atoms with van der Waals surface area (Å²) in [5.41, 5.74) is -1.29. The molecule has 7 nitrogen and oxygen atoms in total. The van der Waals surface area contributed by atoms with E-state index < -0.39 is 21.6 Å². The Morgan fingerprint density at radius 2 is 2.10 bits per heavy atom. The highest BCUT2D eigenvalue weighted by atomic mass is 32.2. The topological polar surface area (TPSA) is 107 Å². The lowest BCUT2D eigenvalue weighted by atomic mass is 10.1. The largest absolute Gasteiger partial charge is 0.478 e. The van der Waals surface area contributed by atoms with E-state index in [4.69, 9.17) is 5.11 Å². The smallest absolute Gasteiger partial charge is 0.336 e. The molecule has 0 bridgehead atoms. The molecular formula is C11H18N2O5S2. The van der Waals surface area contributed by atoms with Crippen molar-refractivity contribution in [2.45, 2.75) is 16.7 Å². The van der Waals surface area contributed by atoms with Crippen LogP contribution in [-0.2, 0) is 10.0 Å². The summed E-state index contributed by atoms with van der Waals surface area (Å²) in [7, 11) is -0.285. The molecule has 0 amide bonds. The first kappa shape index (κ1) is 17.1. The van der Waals surface area contributed by atoms with E-state index >= 15 is 0 Å². The first-order chi connectivity index (χ1) is 9.03. The Kier molecular flexibility index (Phi) is 5.27. The Balaban J connectivity index is 2.77. The molecule has 1 unspecified atom stereocenters. The molecule has 3 N–H and O–H groups in total. The first-order valence-corrected chi connectivity index (χ1v) is 8.08. The number of likely N-dealkylation sites (N-methyl/N-ethyl adjacent to an activating group) is 1. The van der Waals surface area contributed by atoms with Crippen LogP contribution in [0.2, 0.25) is 0 Å². The zero-order valence-electron chi connectivity index (χ0n) is 11.5. The van der Waals surface area contributed by atoms with Crippen molar-refractivity contribution in [1.29, 1.82) is 0 Å². The Morgan fingerprint density at radius 3 is 2.55 bits per heavy atom. The fourth-order valence-electron chi connectivity index (χ4n) is 1.63. The van der Waals surface area contributed by atoms with Gasteiger partial charge in [0, 0.05) is 18.5 Å². The number of rotatable bonds is 7. The fourth-order valence-corrected chi connectivity index (χ4v) is 3.99. The van der Waals surface area contributed by atoms with Crippen LogP contribution in [0.1, 0.15) is 17.3 Å². The number of sulfonamides is 1. The fraction of sp³-hybridized carbons (Fsp3) is 0.545. The summed E-state index contributed by atoms with van der Waals surface area (Å²) >= 11 is 0.826. The molecule has 0 aromatic carbocycles. The highest BCUT2D eigenvalue weighted by Crippen LogP contribution is 2.20. The van der Waals surface area contributed by atoms with Crippen LogP contribution in [0.4, 0.5) is 0 Å². The standard InChI is InChI=1S/C11H18N2O5S2/c1-11(16,7-13(2)3)6-12-20(17,18)9-4-8(5-19-9)10(14)15/h4-5,12,16H,6-7H2,1-3H3,(H,14,15). The van der Waals surface area contributed by atoms with Gasteiger partial charge in [0.1, 0.15) is 4.21 Å². The van der Waals surface area contributed by atoms with E-state index in [2.05, 4.69) is 4.72 Å². The van der Waals surface area contributed by atoms with E-state index in [1.54, 1.807) is 19.0 Å². The van der Waals surface area contributed by atoms with Crippen molar-refractivity contribution >= 4 is 27.3 Å². The summed E-state index contributed by atoms with van der Waals surface area (Å²) in [6, 6.07) is 1.09. The summed E-state index contributed by atoms with van der Waals surface area (Å²) in [6.07, 6.45) is 0. The second-order valence-corrected chi connectivity index (χ2v) is 7.92. The third-order valence-electron chi connectivity index (χ3n) is 2.39. The number of thiophene rings is 1. The van der Waals surface area contributed by atoms with Crippen LogP contribution in [0.3, 0.4) is 0 Å². The van der Waals surface area contributed by atoms with Crippen molar-refractivity contribution < 1.29 is 23.4 Å². The maximum absolute atomic E-state index is 12.0. The predicted octanol–water partition coefficient (Wildman–Crippen LogP) is 0.0372. The van der Waals surface area contributed by atoms with Gasteiger partial charge in [-0.3, -0.25) is 0 Å². The molecule has 9 heteroatoms. The van der Waals surface area contributed by atoms with Crippen LogP contribution >= 0.6 is 11.3 Å². The molecule has 1 aromatic heterocycles. The monoisotopic (exact) mass is 322 g/mol. The van der Waals surface area contributed by atoms with Crippen molar-refractivity contribution in [2.24, 2.45) is 0 Å². The van der Waals surface area contributed by atoms with E-state index in [-0.39, 0.29) is 16.3 Å². The third kappa shape index (κ3) is 4.84. The van der Waals surface area contributed by atoms with E-state index in [0.29, 0.717) is 6.54 Å². The number of carboxylic acids is 1. The van der Waals surface area contributed by atoms with Gasteiger partial charge in [-0.1, -0.05) is 0 Å². The molecule has 0 aliphatic carbocycles. The molecule has 20 heavy (non-hydrogen) atoms. The number of carbonyl (C=O) groups is 1. The van der Waals surface area contributed by atoms with Crippen molar-refractivity contribution in [1.82, 2.24) is 9.62 Å². The molecule has 0 saturated carbocycles. The predicted molar refractivity (Wildman–Crippen MR) is 75.6 cm³/mol. The zero-order valence-corrected chi connectivity index (χ0v) is 13.1. The number of nitrogens with one attached hydrogen (secondary N) is 1. The normalized spacial score (nSPS) is 15.2. The van der Waals surface area contributed by atoms with E-state index in [1.807, 2.05) is 0 Å². The number of hydrogen-bond acceptors (Lipinski definition) is 6. The molecule has 114 valence electrons. The molecule has 0 spiro atoms. The Morgan fingerprint density at radius 1 is 1.50 bits per heavy atom. The van der Waals surface area contributed by atoms with Crippen LogP contribution in [0.25, 0.3) is 0 Å². The zero-order chi connectivity index (χ0) is 15.6. The third-order valence-corrected chi connectivity index (χ3v) is 5.23. The lowest BCUT2D eigenvalue weighted by Gasteiger charge is -2.26. The molecule has 1 aromatic rings. The van der Waals surface area contributed by atoms with Crippen molar-refractivity contribution in [2.75, 3.05) is 27.2 Å². The second kappa shape index (κ2) is 6.19. The summed E-state index contributed by atoms with van der Waals surface area (Å²) in [5, 5.41) is 20.1. The lowest BCUT2D eigenvalue weighted by Crippen LogP contribution is -2.46. The summed E-state index contributed by atoms with van der Waals surface area (Å²) in [4.78, 5) is 12.5. The van der Waals surface area contributed by atoms with Gasteiger partial charge in [-0.15, -0.1) is 11.3 Å². The number of hydrogen-bond donors (Lipinski definition) is 3. The number of nitrogens with zero attached hydrogens (tertiary/aromatic N) is 1. The van der Waals surface area contributed by atoms with Crippen LogP contribution in [0.5, 0.6) is 0 Å². The molecule has 1 rings (SSSR count). The molecular weight excluding hydrogens is 304 g/mol. The second-order valence-electron chi connectivity index (χ2n) is 5.02. The maximum Gasteiger partial charge on any atom is 0.336 e. The lowest BCUT2D eigenvalue weighted by molar-refractivity contribution is 0.0386. The summed E-state index contributed by atoms with van der Waals surface area (Å²) < 4.78 is 26.2. The Bertz CT molecular complexity index is 577. The quantitative estimate of drug-likeness (QED) is 0.654. The van der Waals surface area contributed by atoms with Gasteiger partial charge in [0.25, 0.3) is 0 Å². The highest BCUT2D eigenvalue weighted by molar-refractivity contribution is 7.91. The van der Waals surface area contributed by atoms with Crippen LogP contribution in [-0.4, -0.2) is 62.3 Å². The van der Waals surface area contributed by atoms with Gasteiger partial charge in [0.2, 0.25) is 10.0 Å². The number of aromatic carboxylic acids is 1. The highest BCUT2D eigenvalue weighted by Gasteiger charge is 2.26. The molecule has 0 aliphatic heterocycles. The molecule has 0 radical (unpaired) electrons. The van der Waals surface area contributed by atoms with Gasteiger partial charge in [-0.2, -0.15) is 0 Å². The van der Waals surface area contributed by atoms with Crippen LogP contribution in [0.15, 0.2) is 15.7 Å². The minimum absolute atomic E-state index is 0.0737. The van der Waals surface area contributed by atoms with Gasteiger partial charge < -0.3 is 15.1 Å². The Hall–Kier alpha value is -1.00. The number of aliphatic hydroxyl groups is 1. The average molecular weight is 322 g/mol. The summed E-state index contributed by atoms with van der Waals surface area (Å²) in [5.74, 6) is -1.18. The number of carboxylic acid groups (broad SMARTS) is 1. The maximum atomic E-state index is 12.0. The molecule has 1 atom stereocenters. The minimum Gasteiger partial charge on any atom is -0.478 e. The van der Waals surface area contributed by atoms with Gasteiger partial charge in [-0.25, -0.2) is 17.9 Å². The van der Waals surface area contributed by atoms with Crippen molar-refractivity contribution in [3.05, 3.63) is 17.0 Å². The van der Waals surface area contributed by atoms with Gasteiger partial charge >= 0.3 is 5.97 Å². The SMILES string of the molecule is CN(C)CC(C)(O)CNS(=O)(=O)c1cc(C(=O)O)cs1. The minimum atomic E-state index is -3.82. The van der Waals surface area contributed by atoms with Crippen molar-refractivity contribution in [3.63, 3.8) is 0 Å².